The van der Waals surface area contributed by atoms with Gasteiger partial charge in [0.15, 0.2) is 5.82 Å². The second kappa shape index (κ2) is 11.8. The van der Waals surface area contributed by atoms with Gasteiger partial charge in [-0.1, -0.05) is 108 Å². The first-order chi connectivity index (χ1) is 23.6. The van der Waals surface area contributed by atoms with Crippen molar-refractivity contribution in [2.24, 2.45) is 7.05 Å². The van der Waals surface area contributed by atoms with Crippen LogP contribution >= 0.6 is 0 Å². The quantitative estimate of drug-likeness (QED) is 0.161. The molecule has 9 heteroatoms. The zero-order valence-corrected chi connectivity index (χ0v) is 26.3. The van der Waals surface area contributed by atoms with Crippen LogP contribution < -0.4 is 4.74 Å². The summed E-state index contributed by atoms with van der Waals surface area (Å²) < 4.78 is 26.8. The highest BCUT2D eigenvalue weighted by Crippen LogP contribution is 2.43. The van der Waals surface area contributed by atoms with Crippen LogP contribution in [-0.2, 0) is 12.6 Å². The molecular weight excluding hydrogens is 601 g/mol. The van der Waals surface area contributed by atoms with Crippen molar-refractivity contribution in [2.75, 3.05) is 7.11 Å². The van der Waals surface area contributed by atoms with E-state index in [0.29, 0.717) is 23.1 Å². The topological polar surface area (TPSA) is 75.1 Å². The van der Waals surface area contributed by atoms with E-state index in [2.05, 4.69) is 51.6 Å². The molecule has 4 aromatic heterocycles. The van der Waals surface area contributed by atoms with Crippen molar-refractivity contribution in [3.63, 3.8) is 0 Å². The van der Waals surface area contributed by atoms with Gasteiger partial charge in [-0.3, -0.25) is 13.6 Å². The first kappa shape index (κ1) is 29.1. The smallest absolute Gasteiger partial charge is 0.316 e. The van der Waals surface area contributed by atoms with Crippen LogP contribution in [-0.4, -0.2) is 41.0 Å². The summed E-state index contributed by atoms with van der Waals surface area (Å²) in [4.78, 5) is 4.62. The van der Waals surface area contributed by atoms with Crippen LogP contribution in [0.3, 0.4) is 0 Å². The Bertz CT molecular complexity index is 2270. The van der Waals surface area contributed by atoms with Gasteiger partial charge in [-0.25, -0.2) is 9.37 Å². The normalized spacial score (nSPS) is 11.6. The minimum atomic E-state index is -0.887. The third-order valence-electron chi connectivity index (χ3n) is 8.82. The van der Waals surface area contributed by atoms with Crippen LogP contribution in [0.15, 0.2) is 146 Å². The molecule has 0 aliphatic carbocycles. The number of hydrogen-bond acceptors (Lipinski definition) is 5. The molecule has 0 aliphatic heterocycles. The molecule has 0 amide bonds. The second-order valence-electron chi connectivity index (χ2n) is 11.5. The fraction of sp³-hybridized carbons (Fsp3) is 0.0769. The van der Waals surface area contributed by atoms with E-state index in [-0.39, 0.29) is 5.82 Å². The molecule has 48 heavy (non-hydrogen) atoms. The Labute approximate surface area is 276 Å². The van der Waals surface area contributed by atoms with Crippen molar-refractivity contribution in [2.45, 2.75) is 5.54 Å². The van der Waals surface area contributed by atoms with E-state index < -0.39 is 5.54 Å². The van der Waals surface area contributed by atoms with E-state index in [1.54, 1.807) is 30.0 Å². The maximum absolute atomic E-state index is 15.7. The summed E-state index contributed by atoms with van der Waals surface area (Å²) >= 11 is 0. The summed E-state index contributed by atoms with van der Waals surface area (Å²) in [5.41, 5.74) is 6.11. The van der Waals surface area contributed by atoms with E-state index in [9.17, 15) is 0 Å². The molecule has 0 bridgehead atoms. The summed E-state index contributed by atoms with van der Waals surface area (Å²) in [7, 11) is 3.40. The van der Waals surface area contributed by atoms with E-state index in [1.807, 2.05) is 101 Å². The van der Waals surface area contributed by atoms with Crippen LogP contribution in [0.1, 0.15) is 16.7 Å². The maximum atomic E-state index is 15.7. The van der Waals surface area contributed by atoms with Gasteiger partial charge in [0.2, 0.25) is 0 Å². The van der Waals surface area contributed by atoms with Gasteiger partial charge in [-0.2, -0.15) is 5.10 Å². The monoisotopic (exact) mass is 631 g/mol. The Balaban J connectivity index is 1.43. The molecule has 8 aromatic rings. The number of rotatable bonds is 8. The van der Waals surface area contributed by atoms with Gasteiger partial charge in [0.25, 0.3) is 0 Å². The number of imidazole rings is 1. The Kier molecular flexibility index (Phi) is 7.14. The average Bonchev–Trinajstić information content (AvgIpc) is 3.87. The lowest BCUT2D eigenvalue weighted by molar-refractivity contribution is 0.365. The van der Waals surface area contributed by atoms with Crippen molar-refractivity contribution in [1.29, 1.82) is 0 Å². The minimum absolute atomic E-state index is 0.357. The maximum Gasteiger partial charge on any atom is 0.316 e. The third kappa shape index (κ3) is 4.59. The molecule has 8 nitrogen and oxygen atoms in total. The molecule has 234 valence electrons. The lowest BCUT2D eigenvalue weighted by Gasteiger charge is -2.36. The van der Waals surface area contributed by atoms with Crippen LogP contribution in [0.2, 0.25) is 0 Å². The van der Waals surface area contributed by atoms with E-state index in [4.69, 9.17) is 9.84 Å². The second-order valence-corrected chi connectivity index (χ2v) is 11.5. The standard InChI is InChI=1S/C39H30FN7O/c1-45-37(42-43-38(45)48-2)34-24-41-35-23-22-27(25-46(34)35)32-26-47(44-36(32)31-20-12-13-21-33(31)40)39(28-14-6-3-7-15-28,29-16-8-4-9-17-29)30-18-10-5-11-19-30/h3-26H,1-2H3. The van der Waals surface area contributed by atoms with Crippen molar-refractivity contribution in [3.05, 3.63) is 168 Å². The first-order valence-corrected chi connectivity index (χ1v) is 15.5. The predicted molar refractivity (Wildman–Crippen MR) is 183 cm³/mol. The number of halogens is 1. The number of fused-ring (bicyclic) bond motifs is 1. The minimum Gasteiger partial charge on any atom is -0.467 e. The fourth-order valence-corrected chi connectivity index (χ4v) is 6.57. The Hall–Kier alpha value is -6.35. The highest BCUT2D eigenvalue weighted by atomic mass is 19.1. The molecule has 0 saturated carbocycles. The largest absolute Gasteiger partial charge is 0.467 e. The van der Waals surface area contributed by atoms with Gasteiger partial charge in [-0.05, 0) is 41.0 Å². The van der Waals surface area contributed by atoms with Gasteiger partial charge < -0.3 is 4.74 Å². The van der Waals surface area contributed by atoms with E-state index in [0.717, 1.165) is 39.2 Å². The Morgan fingerprint density at radius 3 is 1.85 bits per heavy atom. The molecule has 0 unspecified atom stereocenters. The summed E-state index contributed by atoms with van der Waals surface area (Å²) in [6.07, 6.45) is 5.77. The number of benzene rings is 4. The SMILES string of the molecule is COc1nnc(-c2cnc3ccc(-c4cn(C(c5ccccc5)(c5ccccc5)c5ccccc5)nc4-c4ccccc4F)cn23)n1C. The highest BCUT2D eigenvalue weighted by molar-refractivity contribution is 5.81. The zero-order valence-electron chi connectivity index (χ0n) is 26.3. The molecule has 0 aliphatic rings. The molecule has 0 fully saturated rings. The lowest BCUT2D eigenvalue weighted by atomic mass is 9.77. The number of ether oxygens (including phenoxy) is 1. The fourth-order valence-electron chi connectivity index (χ4n) is 6.57. The zero-order chi connectivity index (χ0) is 32.7. The predicted octanol–water partition coefficient (Wildman–Crippen LogP) is 7.65. The summed E-state index contributed by atoms with van der Waals surface area (Å²) in [5, 5.41) is 13.8. The molecule has 0 N–H and O–H groups in total. The van der Waals surface area contributed by atoms with Gasteiger partial charge in [-0.15, -0.1) is 5.10 Å². The molecular formula is C39H30FN7O. The van der Waals surface area contributed by atoms with Gasteiger partial charge in [0.1, 0.15) is 28.4 Å². The van der Waals surface area contributed by atoms with Crippen molar-refractivity contribution in [1.82, 2.24) is 33.9 Å². The number of nitrogens with zero attached hydrogens (tertiary/aromatic N) is 7. The molecule has 8 rings (SSSR count). The number of hydrogen-bond donors (Lipinski definition) is 0. The molecule has 4 aromatic carbocycles. The molecule has 0 radical (unpaired) electrons. The van der Waals surface area contributed by atoms with Crippen LogP contribution in [0.4, 0.5) is 4.39 Å². The number of methoxy groups -OCH3 is 1. The van der Waals surface area contributed by atoms with Gasteiger partial charge >= 0.3 is 6.01 Å². The molecule has 0 atom stereocenters. The Morgan fingerprint density at radius 1 is 0.667 bits per heavy atom. The molecule has 0 saturated heterocycles. The third-order valence-corrected chi connectivity index (χ3v) is 8.82. The summed E-state index contributed by atoms with van der Waals surface area (Å²) in [6, 6.07) is 42.0. The van der Waals surface area contributed by atoms with Crippen molar-refractivity contribution < 1.29 is 9.13 Å². The highest BCUT2D eigenvalue weighted by Gasteiger charge is 2.40. The van der Waals surface area contributed by atoms with Gasteiger partial charge in [0.05, 0.1) is 13.3 Å². The number of pyridine rings is 1. The van der Waals surface area contributed by atoms with Crippen molar-refractivity contribution in [3.8, 4) is 39.9 Å². The van der Waals surface area contributed by atoms with Gasteiger partial charge in [0, 0.05) is 36.1 Å². The number of aromatic nitrogens is 7. The summed E-state index contributed by atoms with van der Waals surface area (Å²) in [5.74, 6) is 0.238. The van der Waals surface area contributed by atoms with Crippen LogP contribution in [0, 0.1) is 5.82 Å². The summed E-state index contributed by atoms with van der Waals surface area (Å²) in [6.45, 7) is 0. The van der Waals surface area contributed by atoms with Crippen LogP contribution in [0.25, 0.3) is 39.5 Å². The lowest BCUT2D eigenvalue weighted by Crippen LogP contribution is -2.38. The first-order valence-electron chi connectivity index (χ1n) is 15.5. The Morgan fingerprint density at radius 2 is 1.27 bits per heavy atom. The average molecular weight is 632 g/mol. The molecule has 4 heterocycles. The van der Waals surface area contributed by atoms with Crippen LogP contribution in [0.5, 0.6) is 6.01 Å². The van der Waals surface area contributed by atoms with E-state index >= 15 is 4.39 Å². The van der Waals surface area contributed by atoms with E-state index in [1.165, 1.54) is 6.07 Å². The van der Waals surface area contributed by atoms with Crippen molar-refractivity contribution >= 4 is 5.65 Å². The molecule has 0 spiro atoms.